The van der Waals surface area contributed by atoms with Crippen LogP contribution in [0.25, 0.3) is 0 Å². The average Bonchev–Trinajstić information content (AvgIpc) is 3.31. The molecule has 2 unspecified atom stereocenters. The van der Waals surface area contributed by atoms with E-state index in [1.54, 1.807) is 31.4 Å². The van der Waals surface area contributed by atoms with E-state index in [1.807, 2.05) is 4.90 Å². The number of carbonyl (C=O) groups excluding carboxylic acids is 2. The second-order valence-electron chi connectivity index (χ2n) is 6.53. The molecule has 2 heterocycles. The van der Waals surface area contributed by atoms with Gasteiger partial charge in [-0.3, -0.25) is 9.59 Å². The summed E-state index contributed by atoms with van der Waals surface area (Å²) in [6, 6.07) is 6.96. The van der Waals surface area contributed by atoms with E-state index in [2.05, 4.69) is 10.6 Å². The van der Waals surface area contributed by atoms with Gasteiger partial charge in [0.1, 0.15) is 5.75 Å². The maximum absolute atomic E-state index is 12.4. The zero-order valence-corrected chi connectivity index (χ0v) is 14.1. The second-order valence-corrected chi connectivity index (χ2v) is 6.53. The van der Waals surface area contributed by atoms with Crippen LogP contribution in [0.1, 0.15) is 29.6 Å². The van der Waals surface area contributed by atoms with Gasteiger partial charge >= 0.3 is 0 Å². The smallest absolute Gasteiger partial charge is 0.251 e. The van der Waals surface area contributed by atoms with Crippen molar-refractivity contribution in [1.29, 1.82) is 0 Å². The quantitative estimate of drug-likeness (QED) is 0.845. The molecule has 0 aromatic heterocycles. The Hall–Kier alpha value is -2.08. The van der Waals surface area contributed by atoms with Gasteiger partial charge in [0.2, 0.25) is 5.91 Å². The van der Waals surface area contributed by atoms with Crippen molar-refractivity contribution in [2.45, 2.75) is 25.3 Å². The number of rotatable bonds is 5. The molecule has 0 spiro atoms. The van der Waals surface area contributed by atoms with Crippen LogP contribution in [0.3, 0.4) is 0 Å². The van der Waals surface area contributed by atoms with E-state index in [0.717, 1.165) is 44.6 Å². The minimum absolute atomic E-state index is 0.0908. The van der Waals surface area contributed by atoms with Crippen molar-refractivity contribution in [2.75, 3.05) is 33.3 Å². The molecule has 2 atom stereocenters. The summed E-state index contributed by atoms with van der Waals surface area (Å²) in [4.78, 5) is 26.5. The van der Waals surface area contributed by atoms with Gasteiger partial charge in [-0.1, -0.05) is 0 Å². The first-order valence-corrected chi connectivity index (χ1v) is 8.62. The Morgan fingerprint density at radius 1 is 1.25 bits per heavy atom. The van der Waals surface area contributed by atoms with Gasteiger partial charge in [-0.25, -0.2) is 0 Å². The van der Waals surface area contributed by atoms with E-state index in [0.29, 0.717) is 18.0 Å². The number of hydrogen-bond acceptors (Lipinski definition) is 4. The average molecular weight is 331 g/mol. The standard InChI is InChI=1S/C18H25N3O3/c1-24-15-6-4-14(5-7-15)17(22)20-12-13-10-16(19-11-13)18(23)21-8-2-3-9-21/h4-7,13,16,19H,2-3,8-12H2,1H3,(H,20,22). The highest BCUT2D eigenvalue weighted by Gasteiger charge is 2.33. The second kappa shape index (κ2) is 7.66. The molecule has 6 nitrogen and oxygen atoms in total. The Labute approximate surface area is 142 Å². The molecule has 2 N–H and O–H groups in total. The Kier molecular flexibility index (Phi) is 5.35. The van der Waals surface area contributed by atoms with Crippen molar-refractivity contribution >= 4 is 11.8 Å². The number of benzene rings is 1. The van der Waals surface area contributed by atoms with Gasteiger partial charge in [-0.05, 0) is 49.4 Å². The zero-order valence-electron chi connectivity index (χ0n) is 14.1. The lowest BCUT2D eigenvalue weighted by molar-refractivity contribution is -0.132. The summed E-state index contributed by atoms with van der Waals surface area (Å²) in [5.41, 5.74) is 0.617. The molecule has 0 saturated carbocycles. The maximum atomic E-state index is 12.4. The minimum atomic E-state index is -0.0917. The lowest BCUT2D eigenvalue weighted by Crippen LogP contribution is -2.42. The van der Waals surface area contributed by atoms with E-state index in [4.69, 9.17) is 4.74 Å². The topological polar surface area (TPSA) is 70.7 Å². The van der Waals surface area contributed by atoms with Crippen molar-refractivity contribution in [3.05, 3.63) is 29.8 Å². The van der Waals surface area contributed by atoms with Crippen molar-refractivity contribution in [1.82, 2.24) is 15.5 Å². The first-order valence-electron chi connectivity index (χ1n) is 8.62. The largest absolute Gasteiger partial charge is 0.497 e. The molecule has 6 heteroatoms. The monoisotopic (exact) mass is 331 g/mol. The molecule has 1 aromatic rings. The number of carbonyl (C=O) groups is 2. The molecular formula is C18H25N3O3. The SMILES string of the molecule is COc1ccc(C(=O)NCC2CNC(C(=O)N3CCCC3)C2)cc1. The highest BCUT2D eigenvalue weighted by Crippen LogP contribution is 2.18. The van der Waals surface area contributed by atoms with E-state index in [9.17, 15) is 9.59 Å². The van der Waals surface area contributed by atoms with Gasteiger partial charge in [-0.15, -0.1) is 0 Å². The summed E-state index contributed by atoms with van der Waals surface area (Å²) < 4.78 is 5.09. The number of hydrogen-bond donors (Lipinski definition) is 2. The number of likely N-dealkylation sites (tertiary alicyclic amines) is 1. The van der Waals surface area contributed by atoms with E-state index in [1.165, 1.54) is 0 Å². The Morgan fingerprint density at radius 3 is 2.62 bits per heavy atom. The zero-order chi connectivity index (χ0) is 16.9. The predicted molar refractivity (Wildman–Crippen MR) is 91.0 cm³/mol. The van der Waals surface area contributed by atoms with Gasteiger partial charge in [-0.2, -0.15) is 0 Å². The van der Waals surface area contributed by atoms with Crippen molar-refractivity contribution in [2.24, 2.45) is 5.92 Å². The number of amides is 2. The van der Waals surface area contributed by atoms with Gasteiger partial charge in [0.05, 0.1) is 13.2 Å². The fourth-order valence-electron chi connectivity index (χ4n) is 3.39. The Bertz CT molecular complexity index is 582. The third-order valence-corrected chi connectivity index (χ3v) is 4.84. The summed E-state index contributed by atoms with van der Waals surface area (Å²) in [5, 5.41) is 6.27. The van der Waals surface area contributed by atoms with E-state index < -0.39 is 0 Å². The van der Waals surface area contributed by atoms with E-state index >= 15 is 0 Å². The number of nitrogens with one attached hydrogen (secondary N) is 2. The summed E-state index contributed by atoms with van der Waals surface area (Å²) in [6.45, 7) is 3.13. The molecule has 0 aliphatic carbocycles. The lowest BCUT2D eigenvalue weighted by Gasteiger charge is -2.20. The summed E-state index contributed by atoms with van der Waals surface area (Å²) in [5.74, 6) is 1.15. The molecule has 0 radical (unpaired) electrons. The highest BCUT2D eigenvalue weighted by molar-refractivity contribution is 5.94. The Balaban J connectivity index is 1.45. The normalized spacial score (nSPS) is 23.3. The Morgan fingerprint density at radius 2 is 1.96 bits per heavy atom. The molecule has 0 bridgehead atoms. The first kappa shape index (κ1) is 16.8. The first-order chi connectivity index (χ1) is 11.7. The van der Waals surface area contributed by atoms with Crippen LogP contribution < -0.4 is 15.4 Å². The fourth-order valence-corrected chi connectivity index (χ4v) is 3.39. The highest BCUT2D eigenvalue weighted by atomic mass is 16.5. The van der Waals surface area contributed by atoms with Crippen LogP contribution in [-0.4, -0.2) is 56.0 Å². The molecule has 2 amide bonds. The molecule has 1 aromatic carbocycles. The van der Waals surface area contributed by atoms with Crippen LogP contribution in [0.2, 0.25) is 0 Å². The number of ether oxygens (including phenoxy) is 1. The predicted octanol–water partition coefficient (Wildman–Crippen LogP) is 1.03. The molecule has 2 aliphatic rings. The van der Waals surface area contributed by atoms with Gasteiger partial charge in [0.25, 0.3) is 5.91 Å². The summed E-state index contributed by atoms with van der Waals surface area (Å²) in [7, 11) is 1.60. The molecule has 130 valence electrons. The number of methoxy groups -OCH3 is 1. The van der Waals surface area contributed by atoms with Gasteiger partial charge in [0, 0.05) is 31.7 Å². The third kappa shape index (κ3) is 3.87. The van der Waals surface area contributed by atoms with Crippen molar-refractivity contribution in [3.63, 3.8) is 0 Å². The van der Waals surface area contributed by atoms with Gasteiger partial charge < -0.3 is 20.3 Å². The van der Waals surface area contributed by atoms with Crippen molar-refractivity contribution in [3.8, 4) is 5.75 Å². The summed E-state index contributed by atoms with van der Waals surface area (Å²) in [6.07, 6.45) is 3.01. The fraction of sp³-hybridized carbons (Fsp3) is 0.556. The molecule has 2 fully saturated rings. The summed E-state index contributed by atoms with van der Waals surface area (Å²) >= 11 is 0. The van der Waals surface area contributed by atoms with Crippen LogP contribution in [-0.2, 0) is 4.79 Å². The van der Waals surface area contributed by atoms with Crippen LogP contribution in [0.4, 0.5) is 0 Å². The molecule has 24 heavy (non-hydrogen) atoms. The van der Waals surface area contributed by atoms with Crippen LogP contribution in [0.5, 0.6) is 5.75 Å². The van der Waals surface area contributed by atoms with Gasteiger partial charge in [0.15, 0.2) is 0 Å². The van der Waals surface area contributed by atoms with Crippen LogP contribution >= 0.6 is 0 Å². The lowest BCUT2D eigenvalue weighted by atomic mass is 10.0. The van der Waals surface area contributed by atoms with E-state index in [-0.39, 0.29) is 17.9 Å². The number of nitrogens with zero attached hydrogens (tertiary/aromatic N) is 1. The molecule has 2 saturated heterocycles. The minimum Gasteiger partial charge on any atom is -0.497 e. The van der Waals surface area contributed by atoms with Crippen molar-refractivity contribution < 1.29 is 14.3 Å². The van der Waals surface area contributed by atoms with Crippen LogP contribution in [0, 0.1) is 5.92 Å². The third-order valence-electron chi connectivity index (χ3n) is 4.84. The van der Waals surface area contributed by atoms with Crippen LogP contribution in [0.15, 0.2) is 24.3 Å². The maximum Gasteiger partial charge on any atom is 0.251 e. The molecule has 3 rings (SSSR count). The molecule has 2 aliphatic heterocycles. The molecular weight excluding hydrogens is 306 g/mol.